The molecule has 3 aliphatic rings. The van der Waals surface area contributed by atoms with Crippen LogP contribution in [0.4, 0.5) is 0 Å². The summed E-state index contributed by atoms with van der Waals surface area (Å²) in [7, 11) is 1.62. The van der Waals surface area contributed by atoms with Gasteiger partial charge in [0, 0.05) is 18.4 Å². The fraction of sp³-hybridized carbons (Fsp3) is 0.273. The van der Waals surface area contributed by atoms with Gasteiger partial charge in [-0.25, -0.2) is 0 Å². The van der Waals surface area contributed by atoms with Crippen LogP contribution in [0.25, 0.3) is 11.3 Å². The molecule has 0 spiro atoms. The molecule has 1 amide bonds. The Morgan fingerprint density at radius 2 is 2.42 bits per heavy atom. The lowest BCUT2D eigenvalue weighted by molar-refractivity contribution is -0.119. The molecule has 0 saturated heterocycles. The Morgan fingerprint density at radius 3 is 3.21 bits per heavy atom. The zero-order chi connectivity index (χ0) is 13.4. The van der Waals surface area contributed by atoms with E-state index in [1.54, 1.807) is 7.05 Å². The minimum Gasteiger partial charge on any atom is -0.381 e. The van der Waals surface area contributed by atoms with Gasteiger partial charge in [0.2, 0.25) is 5.91 Å². The summed E-state index contributed by atoms with van der Waals surface area (Å²) in [6, 6.07) is 1.90. The number of carbonyl (C=O) groups is 1. The van der Waals surface area contributed by atoms with E-state index in [-0.39, 0.29) is 5.91 Å². The number of H-pyrrole nitrogens is 1. The van der Waals surface area contributed by atoms with Gasteiger partial charge in [0.05, 0.1) is 12.1 Å². The highest BCUT2D eigenvalue weighted by molar-refractivity contribution is 7.97. The minimum absolute atomic E-state index is 0.0341. The van der Waals surface area contributed by atoms with Gasteiger partial charge in [-0.15, -0.1) is 0 Å². The topological polar surface area (TPSA) is 109 Å². The van der Waals surface area contributed by atoms with Gasteiger partial charge in [-0.2, -0.15) is 19.8 Å². The van der Waals surface area contributed by atoms with Gasteiger partial charge in [0.1, 0.15) is 5.69 Å². The smallest absolute Gasteiger partial charge is 0.224 e. The zero-order valence-corrected chi connectivity index (χ0v) is 11.0. The second-order valence-corrected chi connectivity index (χ2v) is 4.91. The molecule has 0 radical (unpaired) electrons. The van der Waals surface area contributed by atoms with Crippen molar-refractivity contribution in [1.29, 1.82) is 0 Å². The first-order valence-electron chi connectivity index (χ1n) is 5.72. The lowest BCUT2D eigenvalue weighted by Gasteiger charge is -2.05. The Labute approximate surface area is 113 Å². The second kappa shape index (κ2) is 4.54. The molecule has 19 heavy (non-hydrogen) atoms. The Bertz CT molecular complexity index is 649. The van der Waals surface area contributed by atoms with Crippen molar-refractivity contribution in [2.75, 3.05) is 7.05 Å². The van der Waals surface area contributed by atoms with Gasteiger partial charge >= 0.3 is 0 Å². The van der Waals surface area contributed by atoms with E-state index in [0.717, 1.165) is 22.4 Å². The predicted octanol–water partition coefficient (Wildman–Crippen LogP) is 0.0651. The lowest BCUT2D eigenvalue weighted by Crippen LogP contribution is -2.20. The van der Waals surface area contributed by atoms with E-state index < -0.39 is 0 Å². The van der Waals surface area contributed by atoms with Gasteiger partial charge < -0.3 is 11.1 Å². The van der Waals surface area contributed by atoms with E-state index in [1.807, 2.05) is 6.07 Å². The van der Waals surface area contributed by atoms with Crippen LogP contribution < -0.4 is 11.1 Å². The van der Waals surface area contributed by atoms with E-state index in [1.165, 1.54) is 11.9 Å². The average Bonchev–Trinajstić information content (AvgIpc) is 2.65. The molecule has 0 saturated carbocycles. The van der Waals surface area contributed by atoms with E-state index >= 15 is 0 Å². The molecule has 3 rings (SSSR count). The molecule has 2 aliphatic heterocycles. The maximum atomic E-state index is 11.6. The van der Waals surface area contributed by atoms with Crippen LogP contribution in [0.1, 0.15) is 16.8 Å². The van der Waals surface area contributed by atoms with Gasteiger partial charge in [-0.1, -0.05) is 0 Å². The Balaban J connectivity index is 2.17. The molecule has 0 aromatic rings. The number of aromatic nitrogens is 3. The molecule has 4 N–H and O–H groups in total. The third kappa shape index (κ3) is 1.93. The van der Waals surface area contributed by atoms with E-state index in [0.29, 0.717) is 23.7 Å². The summed E-state index contributed by atoms with van der Waals surface area (Å²) in [6.45, 7) is 0. The fourth-order valence-corrected chi connectivity index (χ4v) is 2.90. The summed E-state index contributed by atoms with van der Waals surface area (Å²) < 4.78 is 4.18. The third-order valence-electron chi connectivity index (χ3n) is 3.07. The molecular weight excluding hydrogens is 264 g/mol. The average molecular weight is 276 g/mol. The van der Waals surface area contributed by atoms with E-state index in [9.17, 15) is 4.79 Å². The van der Waals surface area contributed by atoms with Gasteiger partial charge in [0.25, 0.3) is 0 Å². The van der Waals surface area contributed by atoms with Crippen LogP contribution in [-0.2, 0) is 17.0 Å². The van der Waals surface area contributed by atoms with Crippen molar-refractivity contribution in [1.82, 2.24) is 20.7 Å². The van der Waals surface area contributed by atoms with Crippen molar-refractivity contribution in [3.05, 3.63) is 22.9 Å². The van der Waals surface area contributed by atoms with Crippen molar-refractivity contribution < 1.29 is 4.79 Å². The first-order chi connectivity index (χ1) is 9.20. The monoisotopic (exact) mass is 276 g/mol. The van der Waals surface area contributed by atoms with Gasteiger partial charge in [-0.05, 0) is 29.1 Å². The molecule has 7 nitrogen and oxygen atoms in total. The van der Waals surface area contributed by atoms with Crippen LogP contribution in [0.3, 0.4) is 0 Å². The van der Waals surface area contributed by atoms with Crippen molar-refractivity contribution in [3.63, 3.8) is 0 Å². The number of aromatic amines is 1. The summed E-state index contributed by atoms with van der Waals surface area (Å²) in [5, 5.41) is 13.4. The largest absolute Gasteiger partial charge is 0.381 e. The Hall–Kier alpha value is -2.09. The summed E-state index contributed by atoms with van der Waals surface area (Å²) in [5.74, 6) is 1.01. The molecule has 8 heteroatoms. The summed E-state index contributed by atoms with van der Waals surface area (Å²) >= 11 is 1.36. The van der Waals surface area contributed by atoms with Gasteiger partial charge in [-0.3, -0.25) is 4.79 Å². The molecule has 1 aliphatic carbocycles. The first kappa shape index (κ1) is 12.0. The predicted molar refractivity (Wildman–Crippen MR) is 72.8 cm³/mol. The van der Waals surface area contributed by atoms with Crippen LogP contribution >= 0.6 is 11.9 Å². The number of hydrogen-bond acceptors (Lipinski definition) is 6. The quantitative estimate of drug-likeness (QED) is 0.672. The van der Waals surface area contributed by atoms with Crippen LogP contribution in [0.15, 0.2) is 10.5 Å². The zero-order valence-electron chi connectivity index (χ0n) is 10.2. The standard InChI is InChI=1S/C11H12N6OS/c1-13-8(18)3-5-2-7-9-6(5)4-19-16-11(12)10(9)15-17-14-7/h2,17H,3-4H2,1H3,(H2,12,16)(H,13,18). The fourth-order valence-electron chi connectivity index (χ4n) is 2.16. The number of rotatable bonds is 2. The number of nitrogens with zero attached hydrogens (tertiary/aromatic N) is 3. The minimum atomic E-state index is -0.0341. The second-order valence-electron chi connectivity index (χ2n) is 4.18. The van der Waals surface area contributed by atoms with Crippen LogP contribution in [0.2, 0.25) is 0 Å². The number of likely N-dealkylation sites (N-methyl/N-ethyl adjacent to an activating group) is 1. The third-order valence-corrected chi connectivity index (χ3v) is 3.81. The number of carbonyl (C=O) groups excluding carboxylic acids is 1. The summed E-state index contributed by atoms with van der Waals surface area (Å²) in [6.07, 6.45) is 0.322. The molecular formula is C11H12N6OS. The maximum Gasteiger partial charge on any atom is 0.224 e. The summed E-state index contributed by atoms with van der Waals surface area (Å²) in [5.41, 5.74) is 10.1. The van der Waals surface area contributed by atoms with Crippen molar-refractivity contribution >= 4 is 23.7 Å². The Kier molecular flexibility index (Phi) is 2.86. The molecule has 0 fully saturated rings. The summed E-state index contributed by atoms with van der Waals surface area (Å²) in [4.78, 5) is 11.6. The van der Waals surface area contributed by atoms with Crippen LogP contribution in [0, 0.1) is 0 Å². The number of amidine groups is 1. The number of nitrogens with two attached hydrogens (primary N) is 1. The molecule has 98 valence electrons. The lowest BCUT2D eigenvalue weighted by atomic mass is 10.1. The van der Waals surface area contributed by atoms with Crippen molar-refractivity contribution in [3.8, 4) is 11.3 Å². The van der Waals surface area contributed by atoms with E-state index in [2.05, 4.69) is 25.1 Å². The molecule has 0 unspecified atom stereocenters. The van der Waals surface area contributed by atoms with Crippen LogP contribution in [0.5, 0.6) is 0 Å². The number of nitrogens with one attached hydrogen (secondary N) is 2. The van der Waals surface area contributed by atoms with E-state index in [4.69, 9.17) is 5.73 Å². The highest BCUT2D eigenvalue weighted by Crippen LogP contribution is 2.37. The van der Waals surface area contributed by atoms with Crippen LogP contribution in [-0.4, -0.2) is 34.2 Å². The number of amides is 1. The molecule has 0 atom stereocenters. The highest BCUT2D eigenvalue weighted by atomic mass is 32.2. The molecule has 2 heterocycles. The van der Waals surface area contributed by atoms with Gasteiger partial charge in [0.15, 0.2) is 5.84 Å². The number of hydrogen-bond donors (Lipinski definition) is 3. The molecule has 0 aromatic heterocycles. The molecule has 0 bridgehead atoms. The van der Waals surface area contributed by atoms with Crippen molar-refractivity contribution in [2.24, 2.45) is 10.1 Å². The maximum absolute atomic E-state index is 11.6. The normalized spacial score (nSPS) is 14.1. The first-order valence-corrected chi connectivity index (χ1v) is 6.66. The molecule has 0 aromatic carbocycles. The highest BCUT2D eigenvalue weighted by Gasteiger charge is 2.26. The Morgan fingerprint density at radius 1 is 1.58 bits per heavy atom. The SMILES string of the molecule is CNC(=O)Cc1cc2n[nH]nc3c-2c1CSN=C3N. The van der Waals surface area contributed by atoms with Crippen molar-refractivity contribution in [2.45, 2.75) is 12.2 Å².